The zero-order chi connectivity index (χ0) is 15.0. The van der Waals surface area contributed by atoms with Crippen molar-refractivity contribution in [3.8, 4) is 0 Å². The van der Waals surface area contributed by atoms with Crippen LogP contribution in [0, 0.1) is 5.82 Å². The number of nitrogens with one attached hydrogen (secondary N) is 1. The van der Waals surface area contributed by atoms with Crippen molar-refractivity contribution < 1.29 is 9.18 Å². The van der Waals surface area contributed by atoms with E-state index in [1.54, 1.807) is 12.1 Å². The number of hydrogen-bond acceptors (Lipinski definition) is 3. The summed E-state index contributed by atoms with van der Waals surface area (Å²) in [5.41, 5.74) is 6.04. The van der Waals surface area contributed by atoms with E-state index in [0.717, 1.165) is 19.4 Å². The lowest BCUT2D eigenvalue weighted by Gasteiger charge is -2.39. The Kier molecular flexibility index (Phi) is 3.85. The summed E-state index contributed by atoms with van der Waals surface area (Å²) in [6.07, 6.45) is 4.51. The maximum Gasteiger partial charge on any atom is 0.253 e. The predicted octanol–water partition coefficient (Wildman–Crippen LogP) is 2.03. The Morgan fingerprint density at radius 1 is 1.38 bits per heavy atom. The fraction of sp³-hybridized carbons (Fsp3) is 0.562. The van der Waals surface area contributed by atoms with Gasteiger partial charge in [0.25, 0.3) is 5.91 Å². The predicted molar refractivity (Wildman–Crippen MR) is 80.9 cm³/mol. The van der Waals surface area contributed by atoms with E-state index in [-0.39, 0.29) is 5.56 Å². The normalized spacial score (nSPS) is 27.6. The molecule has 3 N–H and O–H groups in total. The highest BCUT2D eigenvalue weighted by Gasteiger charge is 2.36. The Morgan fingerprint density at radius 2 is 2.05 bits per heavy atom. The molecule has 0 aliphatic carbocycles. The number of carbonyl (C=O) groups is 1. The Morgan fingerprint density at radius 3 is 2.62 bits per heavy atom. The van der Waals surface area contributed by atoms with Gasteiger partial charge < -0.3 is 16.0 Å². The quantitative estimate of drug-likeness (QED) is 0.892. The number of hydrogen-bond donors (Lipinski definition) is 2. The molecule has 2 heterocycles. The molecule has 0 aromatic heterocycles. The first-order valence-corrected chi connectivity index (χ1v) is 7.71. The van der Waals surface area contributed by atoms with E-state index < -0.39 is 11.7 Å². The van der Waals surface area contributed by atoms with E-state index in [9.17, 15) is 9.18 Å². The SMILES string of the molecule is CCN(c1cccc(F)c1C(N)=O)C1CC2CCC(C1)N2. The number of carbonyl (C=O) groups excluding carboxylic acids is 1. The van der Waals surface area contributed by atoms with Gasteiger partial charge in [0, 0.05) is 24.7 Å². The van der Waals surface area contributed by atoms with Crippen molar-refractivity contribution in [2.45, 2.75) is 50.7 Å². The van der Waals surface area contributed by atoms with Gasteiger partial charge in [0.1, 0.15) is 5.82 Å². The van der Waals surface area contributed by atoms with Crippen molar-refractivity contribution in [3.05, 3.63) is 29.6 Å². The molecule has 114 valence electrons. The Hall–Kier alpha value is -1.62. The first kappa shape index (κ1) is 14.3. The third kappa shape index (κ3) is 2.62. The molecule has 4 nitrogen and oxygen atoms in total. The van der Waals surface area contributed by atoms with Gasteiger partial charge in [0.2, 0.25) is 0 Å². The highest BCUT2D eigenvalue weighted by Crippen LogP contribution is 2.33. The highest BCUT2D eigenvalue weighted by atomic mass is 19.1. The van der Waals surface area contributed by atoms with Crippen molar-refractivity contribution >= 4 is 11.6 Å². The molecule has 2 saturated heterocycles. The lowest BCUT2D eigenvalue weighted by atomic mass is 9.96. The van der Waals surface area contributed by atoms with Crippen LogP contribution in [0.25, 0.3) is 0 Å². The fourth-order valence-corrected chi connectivity index (χ4v) is 3.90. The molecule has 0 radical (unpaired) electrons. The number of halogens is 1. The zero-order valence-corrected chi connectivity index (χ0v) is 12.3. The van der Waals surface area contributed by atoms with Gasteiger partial charge in [-0.05, 0) is 44.7 Å². The Balaban J connectivity index is 1.93. The minimum Gasteiger partial charge on any atom is -0.368 e. The van der Waals surface area contributed by atoms with Crippen LogP contribution in [0.2, 0.25) is 0 Å². The third-order valence-electron chi connectivity index (χ3n) is 4.78. The Bertz CT molecular complexity index is 536. The molecule has 2 bridgehead atoms. The van der Waals surface area contributed by atoms with Gasteiger partial charge in [-0.2, -0.15) is 0 Å². The van der Waals surface area contributed by atoms with Crippen LogP contribution in [0.5, 0.6) is 0 Å². The summed E-state index contributed by atoms with van der Waals surface area (Å²) in [4.78, 5) is 13.8. The molecule has 1 aromatic carbocycles. The zero-order valence-electron chi connectivity index (χ0n) is 12.3. The maximum atomic E-state index is 14.0. The summed E-state index contributed by atoms with van der Waals surface area (Å²) >= 11 is 0. The second kappa shape index (κ2) is 5.64. The summed E-state index contributed by atoms with van der Waals surface area (Å²) in [6.45, 7) is 2.79. The molecule has 5 heteroatoms. The number of rotatable bonds is 4. The lowest BCUT2D eigenvalue weighted by Crippen LogP contribution is -2.48. The van der Waals surface area contributed by atoms with Crippen LogP contribution in [0.15, 0.2) is 18.2 Å². The fourth-order valence-electron chi connectivity index (χ4n) is 3.90. The van der Waals surface area contributed by atoms with Crippen LogP contribution in [0.3, 0.4) is 0 Å². The minimum absolute atomic E-state index is 0.0187. The molecule has 2 atom stereocenters. The van der Waals surface area contributed by atoms with Crippen molar-refractivity contribution in [2.75, 3.05) is 11.4 Å². The first-order valence-electron chi connectivity index (χ1n) is 7.71. The average molecular weight is 291 g/mol. The molecule has 1 aromatic rings. The van der Waals surface area contributed by atoms with Gasteiger partial charge in [-0.3, -0.25) is 4.79 Å². The number of primary amides is 1. The third-order valence-corrected chi connectivity index (χ3v) is 4.78. The van der Waals surface area contributed by atoms with Gasteiger partial charge >= 0.3 is 0 Å². The van der Waals surface area contributed by atoms with Crippen LogP contribution in [0.4, 0.5) is 10.1 Å². The molecule has 2 aliphatic rings. The van der Waals surface area contributed by atoms with Crippen molar-refractivity contribution in [1.82, 2.24) is 5.32 Å². The van der Waals surface area contributed by atoms with Crippen LogP contribution in [-0.2, 0) is 0 Å². The topological polar surface area (TPSA) is 58.4 Å². The first-order chi connectivity index (χ1) is 10.1. The molecular weight excluding hydrogens is 269 g/mol. The average Bonchev–Trinajstić information content (AvgIpc) is 2.78. The number of nitrogens with two attached hydrogens (primary N) is 1. The van der Waals surface area contributed by atoms with Crippen molar-refractivity contribution in [2.24, 2.45) is 5.73 Å². The van der Waals surface area contributed by atoms with E-state index >= 15 is 0 Å². The molecule has 0 saturated carbocycles. The van der Waals surface area contributed by atoms with Crippen molar-refractivity contribution in [3.63, 3.8) is 0 Å². The number of benzene rings is 1. The van der Waals surface area contributed by atoms with E-state index in [1.165, 1.54) is 18.9 Å². The monoisotopic (exact) mass is 291 g/mol. The summed E-state index contributed by atoms with van der Waals surface area (Å²) < 4.78 is 14.0. The highest BCUT2D eigenvalue weighted by molar-refractivity contribution is 5.99. The lowest BCUT2D eigenvalue weighted by molar-refractivity contribution is 0.0997. The molecule has 2 aliphatic heterocycles. The van der Waals surface area contributed by atoms with Crippen molar-refractivity contribution in [1.29, 1.82) is 0 Å². The molecular formula is C16H22FN3O. The number of anilines is 1. The van der Waals surface area contributed by atoms with Gasteiger partial charge in [0.15, 0.2) is 0 Å². The summed E-state index contributed by atoms with van der Waals surface area (Å²) in [7, 11) is 0. The molecule has 1 amide bonds. The van der Waals surface area contributed by atoms with Crippen LogP contribution < -0.4 is 16.0 Å². The van der Waals surface area contributed by atoms with E-state index in [2.05, 4.69) is 10.2 Å². The number of nitrogens with zero attached hydrogens (tertiary/aromatic N) is 1. The van der Waals surface area contributed by atoms with Crippen LogP contribution in [0.1, 0.15) is 43.0 Å². The second-order valence-electron chi connectivity index (χ2n) is 6.05. The number of piperidine rings is 1. The largest absolute Gasteiger partial charge is 0.368 e. The molecule has 2 fully saturated rings. The Labute approximate surface area is 124 Å². The standard InChI is InChI=1S/C16H22FN3O/c1-2-20(12-8-10-6-7-11(9-12)19-10)14-5-3-4-13(17)15(14)16(18)21/h3-5,10-12,19H,2,6-9H2,1H3,(H2,18,21). The maximum absolute atomic E-state index is 14.0. The number of fused-ring (bicyclic) bond motifs is 2. The van der Waals surface area contributed by atoms with Gasteiger partial charge in [-0.15, -0.1) is 0 Å². The minimum atomic E-state index is -0.696. The van der Waals surface area contributed by atoms with Gasteiger partial charge in [-0.1, -0.05) is 6.07 Å². The van der Waals surface area contributed by atoms with Crippen LogP contribution >= 0.6 is 0 Å². The molecule has 0 spiro atoms. The summed E-state index contributed by atoms with van der Waals surface area (Å²) in [5, 5.41) is 3.61. The number of amides is 1. The van der Waals surface area contributed by atoms with Gasteiger partial charge in [-0.25, -0.2) is 4.39 Å². The smallest absolute Gasteiger partial charge is 0.253 e. The van der Waals surface area contributed by atoms with Gasteiger partial charge in [0.05, 0.1) is 11.3 Å². The summed E-state index contributed by atoms with van der Waals surface area (Å²) in [6, 6.07) is 6.19. The second-order valence-corrected chi connectivity index (χ2v) is 6.05. The molecule has 2 unspecified atom stereocenters. The van der Waals surface area contributed by atoms with Crippen LogP contribution in [-0.4, -0.2) is 30.6 Å². The van der Waals surface area contributed by atoms with E-state index in [4.69, 9.17) is 5.73 Å². The molecule has 21 heavy (non-hydrogen) atoms. The van der Waals surface area contributed by atoms with E-state index in [0.29, 0.717) is 23.8 Å². The summed E-state index contributed by atoms with van der Waals surface area (Å²) in [5.74, 6) is -1.23. The molecule has 3 rings (SSSR count). The van der Waals surface area contributed by atoms with E-state index in [1.807, 2.05) is 6.92 Å².